The van der Waals surface area contributed by atoms with Crippen LogP contribution in [-0.2, 0) is 0 Å². The second-order valence-corrected chi connectivity index (χ2v) is 7.44. The van der Waals surface area contributed by atoms with E-state index in [1.54, 1.807) is 0 Å². The minimum absolute atomic E-state index is 0.197. The molecule has 1 fully saturated rings. The van der Waals surface area contributed by atoms with Crippen molar-refractivity contribution in [3.05, 3.63) is 10.6 Å². The summed E-state index contributed by atoms with van der Waals surface area (Å²) < 4.78 is 0. The summed E-state index contributed by atoms with van der Waals surface area (Å²) in [6.45, 7) is 13.2. The molecule has 0 aliphatic carbocycles. The van der Waals surface area contributed by atoms with Crippen molar-refractivity contribution in [3.8, 4) is 0 Å². The van der Waals surface area contributed by atoms with Gasteiger partial charge in [0.05, 0.1) is 5.69 Å². The van der Waals surface area contributed by atoms with E-state index in [-0.39, 0.29) is 5.54 Å². The van der Waals surface area contributed by atoms with Crippen LogP contribution in [0.1, 0.15) is 44.2 Å². The summed E-state index contributed by atoms with van der Waals surface area (Å²) >= 11 is 1.84. The van der Waals surface area contributed by atoms with Gasteiger partial charge < -0.3 is 10.2 Å². The highest BCUT2D eigenvalue weighted by atomic mass is 32.1. The molecule has 102 valence electrons. The molecular weight excluding hydrogens is 242 g/mol. The van der Waals surface area contributed by atoms with E-state index in [1.165, 1.54) is 28.5 Å². The molecule has 1 aliphatic rings. The fraction of sp³-hybridized carbons (Fsp3) is 0.786. The van der Waals surface area contributed by atoms with E-state index in [0.29, 0.717) is 6.04 Å². The van der Waals surface area contributed by atoms with Crippen molar-refractivity contribution in [2.45, 2.75) is 59.0 Å². The Bertz CT molecular complexity index is 386. The third kappa shape index (κ3) is 3.23. The first kappa shape index (κ1) is 13.8. The number of nitrogens with zero attached hydrogens (tertiary/aromatic N) is 2. The number of thiazole rings is 1. The predicted molar refractivity (Wildman–Crippen MR) is 79.7 cm³/mol. The Balaban J connectivity index is 2.03. The Hall–Kier alpha value is -0.610. The van der Waals surface area contributed by atoms with Crippen LogP contribution in [0.15, 0.2) is 0 Å². The average molecular weight is 267 g/mol. The van der Waals surface area contributed by atoms with Gasteiger partial charge in [-0.05, 0) is 47.5 Å². The fourth-order valence-corrected chi connectivity index (χ4v) is 3.31. The second-order valence-electron chi connectivity index (χ2n) is 6.26. The number of nitrogens with one attached hydrogen (secondary N) is 1. The lowest BCUT2D eigenvalue weighted by Gasteiger charge is -2.28. The fourth-order valence-electron chi connectivity index (χ4n) is 2.30. The largest absolute Gasteiger partial charge is 0.344 e. The van der Waals surface area contributed by atoms with Crippen molar-refractivity contribution in [1.29, 1.82) is 0 Å². The Kier molecular flexibility index (Phi) is 3.97. The molecule has 0 aromatic carbocycles. The highest BCUT2D eigenvalue weighted by molar-refractivity contribution is 7.15. The number of hydrogen-bond donors (Lipinski definition) is 1. The molecule has 2 rings (SSSR count). The van der Waals surface area contributed by atoms with Crippen LogP contribution in [0, 0.1) is 13.8 Å². The Morgan fingerprint density at radius 1 is 1.39 bits per heavy atom. The van der Waals surface area contributed by atoms with E-state index in [2.05, 4.69) is 44.8 Å². The molecule has 1 aromatic rings. The van der Waals surface area contributed by atoms with Crippen LogP contribution in [0.25, 0.3) is 0 Å². The minimum atomic E-state index is 0.197. The van der Waals surface area contributed by atoms with E-state index in [1.807, 2.05) is 11.3 Å². The normalized spacial score (nSPS) is 20.7. The van der Waals surface area contributed by atoms with E-state index < -0.39 is 0 Å². The van der Waals surface area contributed by atoms with Gasteiger partial charge in [0, 0.05) is 29.5 Å². The van der Waals surface area contributed by atoms with Crippen molar-refractivity contribution < 1.29 is 0 Å². The van der Waals surface area contributed by atoms with Crippen LogP contribution >= 0.6 is 11.3 Å². The molecule has 1 N–H and O–H groups in total. The first-order valence-corrected chi connectivity index (χ1v) is 7.64. The summed E-state index contributed by atoms with van der Waals surface area (Å²) in [7, 11) is 0. The maximum absolute atomic E-state index is 4.70. The molecule has 2 heterocycles. The summed E-state index contributed by atoms with van der Waals surface area (Å²) in [5.74, 6) is 0. The number of rotatable bonds is 3. The van der Waals surface area contributed by atoms with E-state index in [0.717, 1.165) is 13.1 Å². The zero-order valence-electron chi connectivity index (χ0n) is 12.2. The molecule has 1 aromatic heterocycles. The van der Waals surface area contributed by atoms with Crippen molar-refractivity contribution in [2.75, 3.05) is 18.0 Å². The molecule has 0 bridgehead atoms. The molecular formula is C14H25N3S. The van der Waals surface area contributed by atoms with Gasteiger partial charge in [0.25, 0.3) is 0 Å². The van der Waals surface area contributed by atoms with Crippen molar-refractivity contribution >= 4 is 16.5 Å². The lowest BCUT2D eigenvalue weighted by atomic mass is 10.1. The predicted octanol–water partition coefficient (Wildman–Crippen LogP) is 3.12. The number of aryl methyl sites for hydroxylation is 2. The summed E-state index contributed by atoms with van der Waals surface area (Å²) in [6.07, 6.45) is 2.56. The third-order valence-corrected chi connectivity index (χ3v) is 4.62. The maximum atomic E-state index is 4.70. The Morgan fingerprint density at radius 2 is 2.11 bits per heavy atom. The zero-order valence-corrected chi connectivity index (χ0v) is 13.0. The molecule has 1 aliphatic heterocycles. The molecule has 3 nitrogen and oxygen atoms in total. The van der Waals surface area contributed by atoms with Crippen molar-refractivity contribution in [3.63, 3.8) is 0 Å². The van der Waals surface area contributed by atoms with Crippen molar-refractivity contribution in [2.24, 2.45) is 0 Å². The first-order valence-electron chi connectivity index (χ1n) is 6.82. The second kappa shape index (κ2) is 5.17. The van der Waals surface area contributed by atoms with Gasteiger partial charge in [-0.2, -0.15) is 0 Å². The molecule has 1 saturated heterocycles. The lowest BCUT2D eigenvalue weighted by molar-refractivity contribution is 0.405. The van der Waals surface area contributed by atoms with Crippen LogP contribution < -0.4 is 10.2 Å². The molecule has 0 saturated carbocycles. The standard InChI is InChI=1S/C14H25N3S/c1-10-11(2)18-13(16-10)17-8-6-7-12(17)9-15-14(3,4)5/h12,15H,6-9H2,1-5H3. The summed E-state index contributed by atoms with van der Waals surface area (Å²) in [6, 6.07) is 0.606. The van der Waals surface area contributed by atoms with E-state index in [9.17, 15) is 0 Å². The number of anilines is 1. The van der Waals surface area contributed by atoms with E-state index in [4.69, 9.17) is 4.98 Å². The van der Waals surface area contributed by atoms with Gasteiger partial charge in [-0.25, -0.2) is 4.98 Å². The average Bonchev–Trinajstić information content (AvgIpc) is 2.82. The third-order valence-electron chi connectivity index (χ3n) is 3.51. The lowest BCUT2D eigenvalue weighted by Crippen LogP contribution is -2.45. The number of aromatic nitrogens is 1. The molecule has 4 heteroatoms. The molecule has 0 radical (unpaired) electrons. The van der Waals surface area contributed by atoms with Gasteiger partial charge >= 0.3 is 0 Å². The summed E-state index contributed by atoms with van der Waals surface area (Å²) in [5, 5.41) is 4.83. The van der Waals surface area contributed by atoms with Gasteiger partial charge in [-0.15, -0.1) is 11.3 Å². The van der Waals surface area contributed by atoms with Gasteiger partial charge in [-0.1, -0.05) is 0 Å². The molecule has 18 heavy (non-hydrogen) atoms. The van der Waals surface area contributed by atoms with Gasteiger partial charge in [0.1, 0.15) is 0 Å². The zero-order chi connectivity index (χ0) is 13.3. The first-order chi connectivity index (χ1) is 8.37. The van der Waals surface area contributed by atoms with Gasteiger partial charge in [-0.3, -0.25) is 0 Å². The molecule has 0 amide bonds. The van der Waals surface area contributed by atoms with Crippen LogP contribution in [0.5, 0.6) is 0 Å². The summed E-state index contributed by atoms with van der Waals surface area (Å²) in [5.41, 5.74) is 1.38. The topological polar surface area (TPSA) is 28.2 Å². The minimum Gasteiger partial charge on any atom is -0.344 e. The highest BCUT2D eigenvalue weighted by Crippen LogP contribution is 2.31. The smallest absolute Gasteiger partial charge is 0.186 e. The van der Waals surface area contributed by atoms with Crippen LogP contribution in [0.4, 0.5) is 5.13 Å². The quantitative estimate of drug-likeness (QED) is 0.912. The number of hydrogen-bond acceptors (Lipinski definition) is 4. The molecule has 1 atom stereocenters. The molecule has 0 spiro atoms. The maximum Gasteiger partial charge on any atom is 0.186 e. The van der Waals surface area contributed by atoms with Gasteiger partial charge in [0.15, 0.2) is 5.13 Å². The van der Waals surface area contributed by atoms with E-state index >= 15 is 0 Å². The Morgan fingerprint density at radius 3 is 2.67 bits per heavy atom. The van der Waals surface area contributed by atoms with Crippen molar-refractivity contribution in [1.82, 2.24) is 10.3 Å². The Labute approximate surface area is 115 Å². The van der Waals surface area contributed by atoms with Crippen LogP contribution in [0.2, 0.25) is 0 Å². The summed E-state index contributed by atoms with van der Waals surface area (Å²) in [4.78, 5) is 8.54. The van der Waals surface area contributed by atoms with Crippen LogP contribution in [-0.4, -0.2) is 29.7 Å². The SMILES string of the molecule is Cc1nc(N2CCCC2CNC(C)(C)C)sc1C. The highest BCUT2D eigenvalue weighted by Gasteiger charge is 2.27. The monoisotopic (exact) mass is 267 g/mol. The van der Waals surface area contributed by atoms with Gasteiger partial charge in [0.2, 0.25) is 0 Å². The molecule has 1 unspecified atom stereocenters. The van der Waals surface area contributed by atoms with Crippen LogP contribution in [0.3, 0.4) is 0 Å².